The van der Waals surface area contributed by atoms with Crippen molar-refractivity contribution in [2.45, 2.75) is 25.7 Å². The first-order valence-electron chi connectivity index (χ1n) is 7.57. The summed E-state index contributed by atoms with van der Waals surface area (Å²) in [4.78, 5) is 24.8. The van der Waals surface area contributed by atoms with Crippen molar-refractivity contribution < 1.29 is 14.3 Å². The molecule has 0 amide bonds. The number of aromatic carboxylic acids is 1. The number of carboxylic acids is 1. The number of hydrogen-bond donors (Lipinski definition) is 1. The van der Waals surface area contributed by atoms with Crippen molar-refractivity contribution in [1.82, 2.24) is 0 Å². The normalized spacial score (nSPS) is 15.3. The second kappa shape index (κ2) is 5.83. The molecule has 0 unspecified atom stereocenters. The van der Waals surface area contributed by atoms with Crippen LogP contribution in [0.5, 0.6) is 0 Å². The maximum atomic E-state index is 11.7. The molecule has 1 heterocycles. The molecule has 0 spiro atoms. The minimum absolute atomic E-state index is 0.334. The fraction of sp³-hybridized carbons (Fsp3) is 0.412. The van der Waals surface area contributed by atoms with Crippen LogP contribution in [0.15, 0.2) is 33.5 Å². The summed E-state index contributed by atoms with van der Waals surface area (Å²) >= 11 is 0. The van der Waals surface area contributed by atoms with Crippen LogP contribution in [0.3, 0.4) is 0 Å². The number of carboxylic acid groups (broad SMARTS) is 1. The van der Waals surface area contributed by atoms with Crippen LogP contribution in [0.1, 0.15) is 36.0 Å². The van der Waals surface area contributed by atoms with E-state index in [9.17, 15) is 9.59 Å². The summed E-state index contributed by atoms with van der Waals surface area (Å²) in [5.41, 5.74) is 0.256. The quantitative estimate of drug-likeness (QED) is 0.879. The lowest BCUT2D eigenvalue weighted by molar-refractivity contribution is 0.0692. The highest BCUT2D eigenvalue weighted by molar-refractivity contribution is 5.92. The Hall–Kier alpha value is -2.30. The monoisotopic (exact) mass is 301 g/mol. The predicted octanol–water partition coefficient (Wildman–Crippen LogP) is 3.12. The topological polar surface area (TPSA) is 70.8 Å². The Morgan fingerprint density at radius 2 is 2.05 bits per heavy atom. The summed E-state index contributed by atoms with van der Waals surface area (Å²) in [7, 11) is 2.03. The lowest BCUT2D eigenvalue weighted by Gasteiger charge is -2.23. The molecule has 0 bridgehead atoms. The Morgan fingerprint density at radius 3 is 2.73 bits per heavy atom. The van der Waals surface area contributed by atoms with E-state index >= 15 is 0 Å². The maximum Gasteiger partial charge on any atom is 0.351 e. The number of fused-ring (bicyclic) bond motifs is 1. The number of benzene rings is 1. The lowest BCUT2D eigenvalue weighted by Crippen LogP contribution is -2.23. The molecule has 22 heavy (non-hydrogen) atoms. The van der Waals surface area contributed by atoms with E-state index < -0.39 is 11.6 Å². The van der Waals surface area contributed by atoms with Crippen molar-refractivity contribution in [2.24, 2.45) is 5.92 Å². The molecule has 3 rings (SSSR count). The van der Waals surface area contributed by atoms with E-state index in [1.807, 2.05) is 13.1 Å². The van der Waals surface area contributed by atoms with Gasteiger partial charge in [0.2, 0.25) is 0 Å². The molecule has 0 aliphatic heterocycles. The molecule has 1 aromatic heterocycles. The van der Waals surface area contributed by atoms with Crippen molar-refractivity contribution >= 4 is 22.6 Å². The van der Waals surface area contributed by atoms with E-state index in [4.69, 9.17) is 9.52 Å². The van der Waals surface area contributed by atoms with Crippen molar-refractivity contribution in [3.63, 3.8) is 0 Å². The standard InChI is InChI=1S/C17H19NO4/c1-18(10-11-4-2-3-5-11)13-7-6-12-8-14(16(19)20)17(21)22-15(12)9-13/h6-9,11H,2-5,10H2,1H3,(H,19,20). The second-order valence-electron chi connectivity index (χ2n) is 6.01. The third kappa shape index (κ3) is 2.84. The van der Waals surface area contributed by atoms with Crippen LogP contribution in [-0.2, 0) is 0 Å². The van der Waals surface area contributed by atoms with E-state index in [-0.39, 0.29) is 5.56 Å². The summed E-state index contributed by atoms with van der Waals surface area (Å²) in [5.74, 6) is -0.542. The van der Waals surface area contributed by atoms with E-state index in [2.05, 4.69) is 4.90 Å². The zero-order valence-corrected chi connectivity index (χ0v) is 12.5. The van der Waals surface area contributed by atoms with Gasteiger partial charge in [-0.2, -0.15) is 0 Å². The summed E-state index contributed by atoms with van der Waals surface area (Å²) < 4.78 is 5.15. The average Bonchev–Trinajstić information content (AvgIpc) is 2.98. The van der Waals surface area contributed by atoms with Crippen LogP contribution in [0.25, 0.3) is 11.0 Å². The van der Waals surface area contributed by atoms with Gasteiger partial charge in [-0.05, 0) is 37.0 Å². The third-order valence-corrected chi connectivity index (χ3v) is 4.40. The first-order valence-corrected chi connectivity index (χ1v) is 7.57. The summed E-state index contributed by atoms with van der Waals surface area (Å²) in [6.45, 7) is 0.989. The zero-order chi connectivity index (χ0) is 15.7. The molecule has 1 N–H and O–H groups in total. The van der Waals surface area contributed by atoms with E-state index in [0.29, 0.717) is 11.0 Å². The van der Waals surface area contributed by atoms with Gasteiger partial charge in [-0.1, -0.05) is 12.8 Å². The first-order chi connectivity index (χ1) is 10.5. The Kier molecular flexibility index (Phi) is 3.88. The van der Waals surface area contributed by atoms with E-state index in [1.54, 1.807) is 12.1 Å². The molecule has 5 heteroatoms. The molecular formula is C17H19NO4. The molecule has 116 valence electrons. The fourth-order valence-electron chi connectivity index (χ4n) is 3.17. The van der Waals surface area contributed by atoms with Gasteiger partial charge >= 0.3 is 11.6 Å². The van der Waals surface area contributed by atoms with Gasteiger partial charge in [0.15, 0.2) is 0 Å². The molecule has 1 fully saturated rings. The van der Waals surface area contributed by atoms with E-state index in [0.717, 1.165) is 18.2 Å². The Labute approximate surface area is 128 Å². The van der Waals surface area contributed by atoms with Crippen LogP contribution in [0.4, 0.5) is 5.69 Å². The molecule has 1 aromatic carbocycles. The predicted molar refractivity (Wildman–Crippen MR) is 84.7 cm³/mol. The largest absolute Gasteiger partial charge is 0.477 e. The number of anilines is 1. The number of carbonyl (C=O) groups is 1. The van der Waals surface area contributed by atoms with Gasteiger partial charge < -0.3 is 14.4 Å². The molecule has 0 saturated heterocycles. The smallest absolute Gasteiger partial charge is 0.351 e. The van der Waals surface area contributed by atoms with Gasteiger partial charge in [0.25, 0.3) is 0 Å². The minimum Gasteiger partial charge on any atom is -0.477 e. The summed E-state index contributed by atoms with van der Waals surface area (Å²) in [5, 5.41) is 9.58. The fourth-order valence-corrected chi connectivity index (χ4v) is 3.17. The number of hydrogen-bond acceptors (Lipinski definition) is 4. The highest BCUT2D eigenvalue weighted by Gasteiger charge is 2.18. The van der Waals surface area contributed by atoms with Crippen molar-refractivity contribution in [1.29, 1.82) is 0 Å². The van der Waals surface area contributed by atoms with Crippen LogP contribution in [0, 0.1) is 5.92 Å². The molecule has 1 aliphatic carbocycles. The summed E-state index contributed by atoms with van der Waals surface area (Å²) in [6.07, 6.45) is 5.16. The van der Waals surface area contributed by atoms with Gasteiger partial charge in [0.05, 0.1) is 0 Å². The van der Waals surface area contributed by atoms with Gasteiger partial charge in [-0.3, -0.25) is 0 Å². The Bertz CT molecular complexity index is 759. The highest BCUT2D eigenvalue weighted by atomic mass is 16.4. The van der Waals surface area contributed by atoms with Crippen molar-refractivity contribution in [2.75, 3.05) is 18.5 Å². The maximum absolute atomic E-state index is 11.7. The Morgan fingerprint density at radius 1 is 1.32 bits per heavy atom. The second-order valence-corrected chi connectivity index (χ2v) is 6.01. The van der Waals surface area contributed by atoms with Gasteiger partial charge in [-0.25, -0.2) is 9.59 Å². The highest BCUT2D eigenvalue weighted by Crippen LogP contribution is 2.28. The molecule has 5 nitrogen and oxygen atoms in total. The van der Waals surface area contributed by atoms with Gasteiger partial charge in [-0.15, -0.1) is 0 Å². The van der Waals surface area contributed by atoms with Crippen molar-refractivity contribution in [3.05, 3.63) is 40.2 Å². The number of rotatable bonds is 4. The van der Waals surface area contributed by atoms with Gasteiger partial charge in [0, 0.05) is 30.7 Å². The molecule has 1 saturated carbocycles. The lowest BCUT2D eigenvalue weighted by atomic mass is 10.1. The van der Waals surface area contributed by atoms with Crippen LogP contribution < -0.4 is 10.5 Å². The summed E-state index contributed by atoms with van der Waals surface area (Å²) in [6, 6.07) is 6.90. The number of nitrogens with zero attached hydrogens (tertiary/aromatic N) is 1. The molecular weight excluding hydrogens is 282 g/mol. The third-order valence-electron chi connectivity index (χ3n) is 4.40. The first kappa shape index (κ1) is 14.6. The van der Waals surface area contributed by atoms with Crippen LogP contribution in [0.2, 0.25) is 0 Å². The van der Waals surface area contributed by atoms with Gasteiger partial charge in [0.1, 0.15) is 11.1 Å². The Balaban J connectivity index is 1.90. The zero-order valence-electron chi connectivity index (χ0n) is 12.5. The van der Waals surface area contributed by atoms with Crippen LogP contribution >= 0.6 is 0 Å². The van der Waals surface area contributed by atoms with Crippen LogP contribution in [-0.4, -0.2) is 24.7 Å². The van der Waals surface area contributed by atoms with Crippen molar-refractivity contribution in [3.8, 4) is 0 Å². The minimum atomic E-state index is -1.27. The molecule has 0 atom stereocenters. The average molecular weight is 301 g/mol. The van der Waals surface area contributed by atoms with E-state index in [1.165, 1.54) is 31.7 Å². The molecule has 2 aromatic rings. The SMILES string of the molecule is CN(CC1CCCC1)c1ccc2cc(C(=O)O)c(=O)oc2c1. The molecule has 1 aliphatic rings. The molecule has 0 radical (unpaired) electrons.